The third-order valence-corrected chi connectivity index (χ3v) is 5.91. The predicted molar refractivity (Wildman–Crippen MR) is 116 cm³/mol. The van der Waals surface area contributed by atoms with Crippen molar-refractivity contribution in [2.75, 3.05) is 7.11 Å². The maximum absolute atomic E-state index is 12.8. The van der Waals surface area contributed by atoms with Crippen molar-refractivity contribution in [2.45, 2.75) is 57.6 Å². The molecule has 1 atom stereocenters. The highest BCUT2D eigenvalue weighted by molar-refractivity contribution is 7.87. The van der Waals surface area contributed by atoms with Crippen LogP contribution < -0.4 is 14.2 Å². The molecule has 30 heavy (non-hydrogen) atoms. The van der Waals surface area contributed by atoms with Crippen LogP contribution in [0.15, 0.2) is 53.4 Å². The van der Waals surface area contributed by atoms with Crippen molar-refractivity contribution in [3.8, 4) is 11.5 Å². The SMILES string of the molecule is CC[C@@H](C)N(Cc1ccccc1OS(=O)(=O)c1ccc(OC)cc1)C(=O)NC(C)C. The van der Waals surface area contributed by atoms with Gasteiger partial charge < -0.3 is 19.1 Å². The summed E-state index contributed by atoms with van der Waals surface area (Å²) >= 11 is 0. The van der Waals surface area contributed by atoms with Crippen LogP contribution in [0.3, 0.4) is 0 Å². The fourth-order valence-corrected chi connectivity index (χ4v) is 3.75. The first kappa shape index (κ1) is 23.5. The Morgan fingerprint density at radius 2 is 1.70 bits per heavy atom. The zero-order valence-electron chi connectivity index (χ0n) is 18.1. The van der Waals surface area contributed by atoms with Crippen LogP contribution in [0.25, 0.3) is 0 Å². The van der Waals surface area contributed by atoms with E-state index in [1.54, 1.807) is 41.3 Å². The molecule has 0 aliphatic carbocycles. The highest BCUT2D eigenvalue weighted by atomic mass is 32.2. The smallest absolute Gasteiger partial charge is 0.339 e. The molecule has 7 nitrogen and oxygen atoms in total. The number of methoxy groups -OCH3 is 1. The average molecular weight is 435 g/mol. The van der Waals surface area contributed by atoms with Gasteiger partial charge in [-0.05, 0) is 57.5 Å². The highest BCUT2D eigenvalue weighted by Gasteiger charge is 2.23. The molecule has 8 heteroatoms. The average Bonchev–Trinajstić information content (AvgIpc) is 2.71. The molecule has 0 aliphatic heterocycles. The largest absolute Gasteiger partial charge is 0.497 e. The van der Waals surface area contributed by atoms with Crippen LogP contribution in [-0.4, -0.2) is 38.5 Å². The first-order chi connectivity index (χ1) is 14.2. The van der Waals surface area contributed by atoms with Crippen molar-refractivity contribution in [1.29, 1.82) is 0 Å². The van der Waals surface area contributed by atoms with E-state index in [0.717, 1.165) is 6.42 Å². The molecular weight excluding hydrogens is 404 g/mol. The lowest BCUT2D eigenvalue weighted by Gasteiger charge is -2.30. The zero-order chi connectivity index (χ0) is 22.3. The second kappa shape index (κ2) is 10.3. The monoisotopic (exact) mass is 434 g/mol. The molecule has 1 N–H and O–H groups in total. The van der Waals surface area contributed by atoms with Crippen LogP contribution in [0.2, 0.25) is 0 Å². The molecule has 0 heterocycles. The Balaban J connectivity index is 2.30. The van der Waals surface area contributed by atoms with Gasteiger partial charge in [0.15, 0.2) is 0 Å². The van der Waals surface area contributed by atoms with Crippen LogP contribution in [-0.2, 0) is 16.7 Å². The molecule has 2 aromatic carbocycles. The molecule has 164 valence electrons. The third kappa shape index (κ3) is 6.13. The van der Waals surface area contributed by atoms with E-state index in [9.17, 15) is 13.2 Å². The lowest BCUT2D eigenvalue weighted by molar-refractivity contribution is 0.170. The van der Waals surface area contributed by atoms with Gasteiger partial charge in [-0.3, -0.25) is 0 Å². The molecule has 0 radical (unpaired) electrons. The summed E-state index contributed by atoms with van der Waals surface area (Å²) in [6.45, 7) is 7.96. The number of carbonyl (C=O) groups excluding carboxylic acids is 1. The minimum Gasteiger partial charge on any atom is -0.497 e. The lowest BCUT2D eigenvalue weighted by atomic mass is 10.1. The first-order valence-corrected chi connectivity index (χ1v) is 11.3. The molecule has 2 aromatic rings. The number of rotatable bonds is 9. The van der Waals surface area contributed by atoms with Crippen molar-refractivity contribution in [2.24, 2.45) is 0 Å². The number of benzene rings is 2. The summed E-state index contributed by atoms with van der Waals surface area (Å²) in [6.07, 6.45) is 0.763. The molecule has 0 bridgehead atoms. The summed E-state index contributed by atoms with van der Waals surface area (Å²) in [7, 11) is -2.53. The van der Waals surface area contributed by atoms with E-state index in [4.69, 9.17) is 8.92 Å². The number of nitrogens with zero attached hydrogens (tertiary/aromatic N) is 1. The van der Waals surface area contributed by atoms with Gasteiger partial charge in [-0.15, -0.1) is 0 Å². The summed E-state index contributed by atoms with van der Waals surface area (Å²) < 4.78 is 36.0. The molecule has 2 rings (SSSR count). The Hall–Kier alpha value is -2.74. The van der Waals surface area contributed by atoms with Gasteiger partial charge in [0.05, 0.1) is 13.7 Å². The normalized spacial score (nSPS) is 12.3. The maximum Gasteiger partial charge on any atom is 0.339 e. The Kier molecular flexibility index (Phi) is 8.11. The molecule has 0 fully saturated rings. The van der Waals surface area contributed by atoms with E-state index < -0.39 is 10.1 Å². The number of hydrogen-bond acceptors (Lipinski definition) is 5. The van der Waals surface area contributed by atoms with E-state index >= 15 is 0 Å². The van der Waals surface area contributed by atoms with Crippen LogP contribution in [0.1, 0.15) is 39.7 Å². The molecule has 0 saturated heterocycles. The topological polar surface area (TPSA) is 84.9 Å². The van der Waals surface area contributed by atoms with Crippen LogP contribution in [0.5, 0.6) is 11.5 Å². The van der Waals surface area contributed by atoms with Gasteiger partial charge in [0.25, 0.3) is 0 Å². The van der Waals surface area contributed by atoms with E-state index in [-0.39, 0.29) is 35.3 Å². The Morgan fingerprint density at radius 3 is 2.27 bits per heavy atom. The number of carbonyl (C=O) groups is 1. The standard InChI is InChI=1S/C22H30N2O5S/c1-6-17(4)24(22(25)23-16(2)3)15-18-9-7-8-10-21(18)29-30(26,27)20-13-11-19(28-5)12-14-20/h7-14,16-17H,6,15H2,1-5H3,(H,23,25)/t17-/m1/s1. The number of urea groups is 1. The minimum absolute atomic E-state index is 0.00833. The van der Waals surface area contributed by atoms with Crippen molar-refractivity contribution < 1.29 is 22.1 Å². The molecular formula is C22H30N2O5S. The number of nitrogens with one attached hydrogen (secondary N) is 1. The maximum atomic E-state index is 12.8. The van der Waals surface area contributed by atoms with E-state index in [0.29, 0.717) is 11.3 Å². The highest BCUT2D eigenvalue weighted by Crippen LogP contribution is 2.26. The number of para-hydroxylation sites is 1. The summed E-state index contributed by atoms with van der Waals surface area (Å²) in [5, 5.41) is 2.90. The van der Waals surface area contributed by atoms with Crippen molar-refractivity contribution in [3.05, 3.63) is 54.1 Å². The summed E-state index contributed by atoms with van der Waals surface area (Å²) in [5.74, 6) is 0.744. The second-order valence-corrected chi connectivity index (χ2v) is 8.86. The summed E-state index contributed by atoms with van der Waals surface area (Å²) in [5.41, 5.74) is 0.605. The third-order valence-electron chi connectivity index (χ3n) is 4.66. The van der Waals surface area contributed by atoms with Gasteiger partial charge in [0, 0.05) is 17.6 Å². The lowest BCUT2D eigenvalue weighted by Crippen LogP contribution is -2.46. The van der Waals surface area contributed by atoms with E-state index in [1.165, 1.54) is 19.2 Å². The Morgan fingerprint density at radius 1 is 1.07 bits per heavy atom. The van der Waals surface area contributed by atoms with Gasteiger partial charge in [-0.2, -0.15) is 8.42 Å². The molecule has 2 amide bonds. The number of amides is 2. The minimum atomic E-state index is -4.04. The van der Waals surface area contributed by atoms with Gasteiger partial charge in [-0.25, -0.2) is 4.79 Å². The molecule has 0 aromatic heterocycles. The van der Waals surface area contributed by atoms with Gasteiger partial charge in [0.1, 0.15) is 16.4 Å². The predicted octanol–water partition coefficient (Wildman–Crippen LogP) is 4.18. The van der Waals surface area contributed by atoms with E-state index in [1.807, 2.05) is 27.7 Å². The van der Waals surface area contributed by atoms with Crippen LogP contribution >= 0.6 is 0 Å². The summed E-state index contributed by atoms with van der Waals surface area (Å²) in [6, 6.07) is 12.6. The van der Waals surface area contributed by atoms with Crippen molar-refractivity contribution in [1.82, 2.24) is 10.2 Å². The number of ether oxygens (including phenoxy) is 1. The van der Waals surface area contributed by atoms with E-state index in [2.05, 4.69) is 5.32 Å². The Labute approximate surface area is 179 Å². The fourth-order valence-electron chi connectivity index (χ4n) is 2.79. The zero-order valence-corrected chi connectivity index (χ0v) is 18.9. The van der Waals surface area contributed by atoms with Crippen molar-refractivity contribution >= 4 is 16.1 Å². The summed E-state index contributed by atoms with van der Waals surface area (Å²) in [4.78, 5) is 14.4. The molecule has 0 spiro atoms. The van der Waals surface area contributed by atoms with Crippen LogP contribution in [0, 0.1) is 0 Å². The van der Waals surface area contributed by atoms with Crippen molar-refractivity contribution in [3.63, 3.8) is 0 Å². The quantitative estimate of drug-likeness (QED) is 0.599. The molecule has 0 aliphatic rings. The second-order valence-electron chi connectivity index (χ2n) is 7.31. The van der Waals surface area contributed by atoms with Gasteiger partial charge in [0.2, 0.25) is 0 Å². The van der Waals surface area contributed by atoms with Gasteiger partial charge >= 0.3 is 16.1 Å². The first-order valence-electron chi connectivity index (χ1n) is 9.91. The fraction of sp³-hybridized carbons (Fsp3) is 0.409. The molecule has 0 unspecified atom stereocenters. The number of hydrogen-bond donors (Lipinski definition) is 1. The van der Waals surface area contributed by atoms with Gasteiger partial charge in [-0.1, -0.05) is 25.1 Å². The van der Waals surface area contributed by atoms with Crippen LogP contribution in [0.4, 0.5) is 4.79 Å². The molecule has 0 saturated carbocycles. The Bertz CT molecular complexity index is 942.